The van der Waals surface area contributed by atoms with Gasteiger partial charge in [0.2, 0.25) is 5.91 Å². The summed E-state index contributed by atoms with van der Waals surface area (Å²) in [4.78, 5) is 16.8. The smallest absolute Gasteiger partial charge is 0.222 e. The van der Waals surface area contributed by atoms with Gasteiger partial charge in [-0.3, -0.25) is 9.69 Å². The highest BCUT2D eigenvalue weighted by molar-refractivity contribution is 5.85. The van der Waals surface area contributed by atoms with Crippen LogP contribution >= 0.6 is 24.8 Å². The van der Waals surface area contributed by atoms with E-state index in [9.17, 15) is 4.79 Å². The standard InChI is InChI=1S/C17H28N4O2.2ClH/c1-13-16(14(2)23-19-13)12-20-7-9-21(10-8-20)17(22)4-3-15-5-6-18-11-15;;/h15,18H,3-12H2,1-2H3;2*1H. The van der Waals surface area contributed by atoms with Gasteiger partial charge in [0, 0.05) is 44.7 Å². The SMILES string of the molecule is Cc1noc(C)c1CN1CCN(C(=O)CCC2CCNC2)CC1.Cl.Cl. The molecule has 8 heteroatoms. The van der Waals surface area contributed by atoms with Crippen molar-refractivity contribution in [1.82, 2.24) is 20.3 Å². The summed E-state index contributed by atoms with van der Waals surface area (Å²) in [6.07, 6.45) is 2.96. The average molecular weight is 393 g/mol. The molecule has 0 bridgehead atoms. The first-order valence-corrected chi connectivity index (χ1v) is 8.76. The summed E-state index contributed by atoms with van der Waals surface area (Å²) in [5.74, 6) is 1.93. The number of amides is 1. The Hall–Kier alpha value is -0.820. The van der Waals surface area contributed by atoms with Crippen molar-refractivity contribution >= 4 is 30.7 Å². The molecule has 0 aliphatic carbocycles. The lowest BCUT2D eigenvalue weighted by Gasteiger charge is -2.35. The van der Waals surface area contributed by atoms with E-state index in [-0.39, 0.29) is 24.8 Å². The van der Waals surface area contributed by atoms with E-state index >= 15 is 0 Å². The van der Waals surface area contributed by atoms with Crippen molar-refractivity contribution in [3.8, 4) is 0 Å². The van der Waals surface area contributed by atoms with Crippen LogP contribution in [0.2, 0.25) is 0 Å². The van der Waals surface area contributed by atoms with Crippen molar-refractivity contribution < 1.29 is 9.32 Å². The van der Waals surface area contributed by atoms with E-state index in [0.29, 0.717) is 18.2 Å². The van der Waals surface area contributed by atoms with E-state index < -0.39 is 0 Å². The number of aryl methyl sites for hydroxylation is 2. The van der Waals surface area contributed by atoms with E-state index in [4.69, 9.17) is 4.52 Å². The molecule has 1 aromatic heterocycles. The van der Waals surface area contributed by atoms with Gasteiger partial charge in [-0.1, -0.05) is 5.16 Å². The van der Waals surface area contributed by atoms with Crippen molar-refractivity contribution in [2.24, 2.45) is 5.92 Å². The molecule has 6 nitrogen and oxygen atoms in total. The number of piperazine rings is 1. The second kappa shape index (κ2) is 10.4. The van der Waals surface area contributed by atoms with Gasteiger partial charge >= 0.3 is 0 Å². The highest BCUT2D eigenvalue weighted by Gasteiger charge is 2.24. The molecule has 144 valence electrons. The third kappa shape index (κ3) is 5.84. The van der Waals surface area contributed by atoms with Gasteiger partial charge < -0.3 is 14.7 Å². The summed E-state index contributed by atoms with van der Waals surface area (Å²) < 4.78 is 5.23. The minimum atomic E-state index is 0. The molecule has 0 radical (unpaired) electrons. The second-order valence-electron chi connectivity index (χ2n) is 6.86. The molecule has 1 N–H and O–H groups in total. The number of hydrogen-bond acceptors (Lipinski definition) is 5. The van der Waals surface area contributed by atoms with Crippen molar-refractivity contribution in [3.63, 3.8) is 0 Å². The maximum atomic E-state index is 12.3. The minimum absolute atomic E-state index is 0. The van der Waals surface area contributed by atoms with E-state index in [0.717, 1.165) is 63.7 Å². The number of hydrogen-bond donors (Lipinski definition) is 1. The van der Waals surface area contributed by atoms with Crippen LogP contribution in [0.5, 0.6) is 0 Å². The van der Waals surface area contributed by atoms with Crippen molar-refractivity contribution in [1.29, 1.82) is 0 Å². The summed E-state index contributed by atoms with van der Waals surface area (Å²) in [5.41, 5.74) is 2.17. The lowest BCUT2D eigenvalue weighted by molar-refractivity contribution is -0.133. The fraction of sp³-hybridized carbons (Fsp3) is 0.765. The third-order valence-corrected chi connectivity index (χ3v) is 5.22. The number of halogens is 2. The molecule has 2 aliphatic rings. The Morgan fingerprint density at radius 3 is 2.52 bits per heavy atom. The van der Waals surface area contributed by atoms with Gasteiger partial charge in [0.25, 0.3) is 0 Å². The summed E-state index contributed by atoms with van der Waals surface area (Å²) in [6.45, 7) is 10.6. The topological polar surface area (TPSA) is 61.6 Å². The molecule has 2 fully saturated rings. The van der Waals surface area contributed by atoms with Crippen LogP contribution in [0.1, 0.15) is 36.3 Å². The van der Waals surface area contributed by atoms with E-state index in [1.807, 2.05) is 18.7 Å². The van der Waals surface area contributed by atoms with Gasteiger partial charge in [0.05, 0.1) is 5.69 Å². The largest absolute Gasteiger partial charge is 0.361 e. The van der Waals surface area contributed by atoms with Crippen molar-refractivity contribution in [2.75, 3.05) is 39.3 Å². The Morgan fingerprint density at radius 1 is 1.24 bits per heavy atom. The van der Waals surface area contributed by atoms with Gasteiger partial charge in [-0.25, -0.2) is 0 Å². The molecule has 1 atom stereocenters. The summed E-state index contributed by atoms with van der Waals surface area (Å²) >= 11 is 0. The van der Waals surface area contributed by atoms with E-state index in [2.05, 4.69) is 15.4 Å². The zero-order valence-electron chi connectivity index (χ0n) is 15.1. The van der Waals surface area contributed by atoms with Gasteiger partial charge in [0.15, 0.2) is 0 Å². The lowest BCUT2D eigenvalue weighted by atomic mass is 10.0. The van der Waals surface area contributed by atoms with Crippen LogP contribution in [-0.4, -0.2) is 60.1 Å². The van der Waals surface area contributed by atoms with Crippen LogP contribution in [-0.2, 0) is 11.3 Å². The molecule has 1 amide bonds. The maximum absolute atomic E-state index is 12.3. The molecule has 3 rings (SSSR count). The Kier molecular flexibility index (Phi) is 9.21. The molecule has 2 aliphatic heterocycles. The molecule has 3 heterocycles. The second-order valence-corrected chi connectivity index (χ2v) is 6.86. The zero-order valence-corrected chi connectivity index (χ0v) is 16.8. The fourth-order valence-corrected chi connectivity index (χ4v) is 3.55. The maximum Gasteiger partial charge on any atom is 0.222 e. The summed E-state index contributed by atoms with van der Waals surface area (Å²) in [6, 6.07) is 0. The average Bonchev–Trinajstić information content (AvgIpc) is 3.18. The Labute approximate surface area is 162 Å². The van der Waals surface area contributed by atoms with Crippen molar-refractivity contribution in [3.05, 3.63) is 17.0 Å². The van der Waals surface area contributed by atoms with E-state index in [1.54, 1.807) is 0 Å². The molecular formula is C17H30Cl2N4O2. The molecule has 0 spiro atoms. The predicted molar refractivity (Wildman–Crippen MR) is 103 cm³/mol. The van der Waals surface area contributed by atoms with Crippen LogP contribution in [0.4, 0.5) is 0 Å². The number of carbonyl (C=O) groups excluding carboxylic acids is 1. The van der Waals surface area contributed by atoms with Crippen LogP contribution in [0.3, 0.4) is 0 Å². The number of aromatic nitrogens is 1. The van der Waals surface area contributed by atoms with Crippen molar-refractivity contribution in [2.45, 2.75) is 39.7 Å². The first-order chi connectivity index (χ1) is 11.1. The lowest BCUT2D eigenvalue weighted by Crippen LogP contribution is -2.48. The number of rotatable bonds is 5. The summed E-state index contributed by atoms with van der Waals surface area (Å²) in [5, 5.41) is 7.38. The minimum Gasteiger partial charge on any atom is -0.361 e. The molecule has 1 unspecified atom stereocenters. The van der Waals surface area contributed by atoms with E-state index in [1.165, 1.54) is 12.0 Å². The van der Waals surface area contributed by atoms with Gasteiger partial charge in [-0.05, 0) is 45.7 Å². The number of carbonyl (C=O) groups is 1. The van der Waals surface area contributed by atoms with Crippen LogP contribution in [0, 0.1) is 19.8 Å². The van der Waals surface area contributed by atoms with Gasteiger partial charge in [0.1, 0.15) is 5.76 Å². The Morgan fingerprint density at radius 2 is 1.96 bits per heavy atom. The molecular weight excluding hydrogens is 363 g/mol. The number of nitrogens with one attached hydrogen (secondary N) is 1. The monoisotopic (exact) mass is 392 g/mol. The van der Waals surface area contributed by atoms with Crippen LogP contribution in [0.15, 0.2) is 4.52 Å². The molecule has 1 aromatic rings. The quantitative estimate of drug-likeness (QED) is 0.831. The molecule has 0 saturated carbocycles. The summed E-state index contributed by atoms with van der Waals surface area (Å²) in [7, 11) is 0. The predicted octanol–water partition coefficient (Wildman–Crippen LogP) is 2.17. The highest BCUT2D eigenvalue weighted by Crippen LogP contribution is 2.18. The Balaban J connectivity index is 0.00000156. The normalized spacial score (nSPS) is 20.9. The Bertz CT molecular complexity index is 519. The highest BCUT2D eigenvalue weighted by atomic mass is 35.5. The van der Waals surface area contributed by atoms with Crippen LogP contribution < -0.4 is 5.32 Å². The van der Waals surface area contributed by atoms with Crippen LogP contribution in [0.25, 0.3) is 0 Å². The first kappa shape index (κ1) is 22.2. The zero-order chi connectivity index (χ0) is 16.2. The van der Waals surface area contributed by atoms with Gasteiger partial charge in [-0.2, -0.15) is 0 Å². The third-order valence-electron chi connectivity index (χ3n) is 5.22. The molecule has 0 aromatic carbocycles. The molecule has 2 saturated heterocycles. The van der Waals surface area contributed by atoms with Gasteiger partial charge in [-0.15, -0.1) is 24.8 Å². The fourth-order valence-electron chi connectivity index (χ4n) is 3.55. The molecule has 25 heavy (non-hydrogen) atoms. The first-order valence-electron chi connectivity index (χ1n) is 8.76. The number of nitrogens with zero attached hydrogens (tertiary/aromatic N) is 3.